The van der Waals surface area contributed by atoms with E-state index in [9.17, 15) is 22.0 Å². The molecule has 3 bridgehead atoms. The number of fused-ring (bicyclic) bond motifs is 3. The Morgan fingerprint density at radius 2 is 2.15 bits per heavy atom. The van der Waals surface area contributed by atoms with Crippen molar-refractivity contribution >= 4 is 46.0 Å². The molecule has 3 rings (SSSR count). The van der Waals surface area contributed by atoms with Gasteiger partial charge in [-0.2, -0.15) is 22.3 Å². The van der Waals surface area contributed by atoms with Gasteiger partial charge in [0, 0.05) is 42.5 Å². The van der Waals surface area contributed by atoms with Crippen molar-refractivity contribution in [2.75, 3.05) is 13.2 Å². The van der Waals surface area contributed by atoms with Gasteiger partial charge in [-0.15, -0.1) is 4.28 Å². The van der Waals surface area contributed by atoms with Crippen LogP contribution in [-0.4, -0.2) is 89.9 Å². The predicted octanol–water partition coefficient (Wildman–Crippen LogP) is -0.964. The maximum Gasteiger partial charge on any atom is 0.423 e. The average molecular weight is 323 g/mol. The molecule has 3 heterocycles. The van der Waals surface area contributed by atoms with Crippen molar-refractivity contribution in [2.24, 2.45) is 0 Å². The third-order valence-electron chi connectivity index (χ3n) is 3.58. The number of alkyl halides is 2. The Hall–Kier alpha value is -0.0400. The number of hydroxylamine groups is 2. The summed E-state index contributed by atoms with van der Waals surface area (Å²) in [6.07, 6.45) is -0.316. The number of nitrogens with zero attached hydrogens (tertiary/aromatic N) is 2. The van der Waals surface area contributed by atoms with Gasteiger partial charge in [-0.05, 0) is 6.42 Å². The van der Waals surface area contributed by atoms with Crippen LogP contribution >= 0.6 is 0 Å². The van der Waals surface area contributed by atoms with Crippen LogP contribution in [0.1, 0.15) is 12.8 Å². The number of carbonyl (C=O) groups is 1. The van der Waals surface area contributed by atoms with E-state index in [2.05, 4.69) is 8.47 Å². The van der Waals surface area contributed by atoms with Gasteiger partial charge in [0.2, 0.25) is 5.72 Å². The van der Waals surface area contributed by atoms with E-state index in [0.29, 0.717) is 9.96 Å². The maximum absolute atomic E-state index is 14.0. The molecule has 0 aromatic carbocycles. The minimum atomic E-state index is -4.79. The number of rotatable bonds is 2. The largest absolute Gasteiger partial charge is 0.423 e. The second-order valence-corrected chi connectivity index (χ2v) is 5.76. The summed E-state index contributed by atoms with van der Waals surface area (Å²) in [4.78, 5) is 12.5. The van der Waals surface area contributed by atoms with Gasteiger partial charge in [-0.1, -0.05) is 0 Å². The standard InChI is InChI=1S/C8H10F2N2O6S.Na/c9-7(10,4-13)8-2-1-5-3-11(8)6(14)12(5)18-19(15,16)17-8;/h5,13H,1-4H2;/t5-,8+;/m1./s1. The number of piperidine rings is 1. The summed E-state index contributed by atoms with van der Waals surface area (Å²) in [5.41, 5.74) is -2.72. The maximum atomic E-state index is 14.0. The first kappa shape index (κ1) is 16.3. The third-order valence-corrected chi connectivity index (χ3v) is 4.40. The molecule has 0 aromatic rings. The first-order chi connectivity index (χ1) is 8.72. The minimum Gasteiger partial charge on any atom is -0.390 e. The van der Waals surface area contributed by atoms with Crippen molar-refractivity contribution in [1.29, 1.82) is 0 Å². The third kappa shape index (κ3) is 1.99. The zero-order valence-electron chi connectivity index (χ0n) is 10.5. The molecule has 0 unspecified atom stereocenters. The Balaban J connectivity index is 0.00000147. The summed E-state index contributed by atoms with van der Waals surface area (Å²) < 4.78 is 59.7. The molecule has 3 saturated heterocycles. The number of urea groups is 1. The fraction of sp³-hybridized carbons (Fsp3) is 0.875. The van der Waals surface area contributed by atoms with E-state index in [-0.39, 0.29) is 42.5 Å². The Morgan fingerprint density at radius 1 is 1.50 bits per heavy atom. The fourth-order valence-electron chi connectivity index (χ4n) is 2.67. The van der Waals surface area contributed by atoms with Crippen molar-refractivity contribution in [3.8, 4) is 0 Å². The number of hydrogen-bond donors (Lipinski definition) is 1. The van der Waals surface area contributed by atoms with Gasteiger partial charge >= 0.3 is 22.4 Å². The van der Waals surface area contributed by atoms with Gasteiger partial charge in [0.1, 0.15) is 6.61 Å². The molecular weight excluding hydrogens is 313 g/mol. The normalized spacial score (nSPS) is 35.0. The van der Waals surface area contributed by atoms with E-state index in [0.717, 1.165) is 0 Å². The molecule has 0 spiro atoms. The van der Waals surface area contributed by atoms with Gasteiger partial charge in [-0.25, -0.2) is 8.98 Å². The Labute approximate surface area is 135 Å². The van der Waals surface area contributed by atoms with Gasteiger partial charge < -0.3 is 5.11 Å². The molecule has 1 N–H and O–H groups in total. The molecule has 0 aliphatic carbocycles. The fourth-order valence-corrected chi connectivity index (χ4v) is 3.72. The van der Waals surface area contributed by atoms with E-state index in [1.54, 1.807) is 0 Å². The average Bonchev–Trinajstić information content (AvgIpc) is 2.51. The molecule has 2 atom stereocenters. The summed E-state index contributed by atoms with van der Waals surface area (Å²) in [5, 5.41) is 9.36. The summed E-state index contributed by atoms with van der Waals surface area (Å²) in [7, 11) is -4.79. The van der Waals surface area contributed by atoms with Crippen LogP contribution in [0, 0.1) is 0 Å². The molecule has 2 amide bonds. The van der Waals surface area contributed by atoms with Gasteiger partial charge in [-0.3, -0.25) is 4.90 Å². The van der Waals surface area contributed by atoms with E-state index >= 15 is 0 Å². The summed E-state index contributed by atoms with van der Waals surface area (Å²) in [5.74, 6) is -3.93. The molecule has 0 saturated carbocycles. The van der Waals surface area contributed by atoms with E-state index < -0.39 is 47.1 Å². The van der Waals surface area contributed by atoms with Crippen molar-refractivity contribution in [3.63, 3.8) is 0 Å². The molecule has 12 heteroatoms. The molecule has 109 valence electrons. The summed E-state index contributed by atoms with van der Waals surface area (Å²) in [6, 6.07) is -1.62. The first-order valence-corrected chi connectivity index (χ1v) is 6.80. The predicted molar refractivity (Wildman–Crippen MR) is 58.6 cm³/mol. The van der Waals surface area contributed by atoms with Gasteiger partial charge in [0.25, 0.3) is 0 Å². The van der Waals surface area contributed by atoms with Gasteiger partial charge in [0.05, 0.1) is 6.04 Å². The number of amides is 2. The van der Waals surface area contributed by atoms with Crippen LogP contribution < -0.4 is 0 Å². The zero-order chi connectivity index (χ0) is 14.1. The minimum absolute atomic E-state index is 0. The number of hydrogen-bond acceptors (Lipinski definition) is 6. The Kier molecular flexibility index (Phi) is 3.86. The smallest absolute Gasteiger partial charge is 0.390 e. The van der Waals surface area contributed by atoms with Crippen LogP contribution in [-0.2, 0) is 18.9 Å². The topological polar surface area (TPSA) is 96.4 Å². The second kappa shape index (κ2) is 4.73. The van der Waals surface area contributed by atoms with E-state index in [4.69, 9.17) is 5.11 Å². The van der Waals surface area contributed by atoms with Crippen LogP contribution in [0.2, 0.25) is 0 Å². The molecule has 3 fully saturated rings. The van der Waals surface area contributed by atoms with Gasteiger partial charge in [0.15, 0.2) is 0 Å². The summed E-state index contributed by atoms with van der Waals surface area (Å²) in [6.45, 7) is -1.78. The summed E-state index contributed by atoms with van der Waals surface area (Å²) >= 11 is 0. The zero-order valence-corrected chi connectivity index (χ0v) is 13.3. The van der Waals surface area contributed by atoms with E-state index in [1.807, 2.05) is 0 Å². The van der Waals surface area contributed by atoms with Crippen molar-refractivity contribution in [2.45, 2.75) is 30.5 Å². The van der Waals surface area contributed by atoms with Crippen LogP contribution in [0.3, 0.4) is 0 Å². The Morgan fingerprint density at radius 3 is 2.75 bits per heavy atom. The number of halogens is 2. The van der Waals surface area contributed by atoms with Crippen LogP contribution in [0.5, 0.6) is 0 Å². The molecule has 3 aliphatic heterocycles. The Bertz CT molecular complexity index is 545. The monoisotopic (exact) mass is 323 g/mol. The second-order valence-electron chi connectivity index (χ2n) is 4.62. The molecule has 3 aliphatic rings. The SMILES string of the molecule is O=C1N2OS(=O)(=O)O[C@]3(C(F)(F)CO)CC[C@@H]2CN13.[Na]. The quantitative estimate of drug-likeness (QED) is 0.657. The van der Waals surface area contributed by atoms with E-state index in [1.165, 1.54) is 0 Å². The molecule has 0 aromatic heterocycles. The number of carbonyl (C=O) groups excluding carboxylic acids is 1. The molecule has 8 nitrogen and oxygen atoms in total. The van der Waals surface area contributed by atoms with Crippen LogP contribution in [0.4, 0.5) is 13.6 Å². The number of aliphatic hydroxyl groups excluding tert-OH is 1. The molecular formula is C8H10F2N2NaO6S. The number of aliphatic hydroxyl groups is 1. The molecule has 1 radical (unpaired) electrons. The first-order valence-electron chi connectivity index (χ1n) is 5.47. The molecule has 20 heavy (non-hydrogen) atoms. The van der Waals surface area contributed by atoms with Crippen molar-refractivity contribution < 1.29 is 35.6 Å². The van der Waals surface area contributed by atoms with Crippen molar-refractivity contribution in [1.82, 2.24) is 9.96 Å². The van der Waals surface area contributed by atoms with Crippen molar-refractivity contribution in [3.05, 3.63) is 0 Å². The van der Waals surface area contributed by atoms with Crippen LogP contribution in [0.15, 0.2) is 0 Å². The van der Waals surface area contributed by atoms with Crippen LogP contribution in [0.25, 0.3) is 0 Å².